The maximum absolute atomic E-state index is 12.5. The number of carbonyl (C=O) groups excluding carboxylic acids is 1. The van der Waals surface area contributed by atoms with Crippen molar-refractivity contribution in [3.05, 3.63) is 24.3 Å². The molecule has 99 valence electrons. The van der Waals surface area contributed by atoms with Crippen LogP contribution in [0, 0.1) is 0 Å². The van der Waals surface area contributed by atoms with Crippen LogP contribution >= 0.6 is 0 Å². The molecule has 0 aliphatic rings. The molecule has 0 fully saturated rings. The molecular weight excluding hydrogens is 265 g/mol. The van der Waals surface area contributed by atoms with E-state index >= 15 is 0 Å². The number of carbonyl (C=O) groups is 1. The minimum atomic E-state index is -5.84. The van der Waals surface area contributed by atoms with Gasteiger partial charge in [-0.2, -0.15) is 22.0 Å². The van der Waals surface area contributed by atoms with E-state index < -0.39 is 24.1 Å². The van der Waals surface area contributed by atoms with Crippen molar-refractivity contribution in [2.45, 2.75) is 12.3 Å². The van der Waals surface area contributed by atoms with Crippen molar-refractivity contribution in [3.63, 3.8) is 0 Å². The zero-order valence-electron chi connectivity index (χ0n) is 8.42. The molecule has 0 spiro atoms. The monoisotopic (exact) mass is 270 g/mol. The van der Waals surface area contributed by atoms with Gasteiger partial charge in [-0.05, 0) is 24.3 Å². The fraction of sp³-hybridized carbons (Fsp3) is 0.222. The van der Waals surface area contributed by atoms with Crippen LogP contribution in [0.3, 0.4) is 0 Å². The van der Waals surface area contributed by atoms with Crippen LogP contribution in [0.15, 0.2) is 24.3 Å². The number of nitrogens with one attached hydrogen (secondary N) is 1. The molecular formula is C9H5F5NO3. The highest BCUT2D eigenvalue weighted by Gasteiger charge is 2.61. The average Bonchev–Trinajstić information content (AvgIpc) is 2.18. The van der Waals surface area contributed by atoms with Crippen LogP contribution in [-0.4, -0.2) is 18.4 Å². The molecule has 0 aliphatic heterocycles. The summed E-state index contributed by atoms with van der Waals surface area (Å²) in [6.45, 7) is 0. The summed E-state index contributed by atoms with van der Waals surface area (Å²) in [7, 11) is 0. The fourth-order valence-electron chi connectivity index (χ4n) is 0.930. The van der Waals surface area contributed by atoms with Crippen molar-refractivity contribution >= 4 is 11.8 Å². The highest BCUT2D eigenvalue weighted by molar-refractivity contribution is 5.82. The summed E-state index contributed by atoms with van der Waals surface area (Å²) in [5, 5.41) is 11.9. The zero-order chi connectivity index (χ0) is 14.0. The third-order valence-corrected chi connectivity index (χ3v) is 1.68. The largest absolute Gasteiger partial charge is 0.499 e. The van der Waals surface area contributed by atoms with Gasteiger partial charge in [-0.25, -0.2) is 9.90 Å². The molecule has 9 heteroatoms. The number of rotatable bonds is 3. The van der Waals surface area contributed by atoms with Crippen LogP contribution in [0.2, 0.25) is 0 Å². The lowest BCUT2D eigenvalue weighted by molar-refractivity contribution is -0.360. The molecule has 0 saturated carbocycles. The summed E-state index contributed by atoms with van der Waals surface area (Å²) >= 11 is 0. The molecule has 0 bridgehead atoms. The lowest BCUT2D eigenvalue weighted by Gasteiger charge is -2.20. The van der Waals surface area contributed by atoms with Crippen LogP contribution < -0.4 is 10.1 Å². The van der Waals surface area contributed by atoms with Gasteiger partial charge in [0.15, 0.2) is 0 Å². The average molecular weight is 270 g/mol. The number of anilines is 1. The first-order valence-electron chi connectivity index (χ1n) is 4.33. The van der Waals surface area contributed by atoms with E-state index in [1.807, 2.05) is 0 Å². The van der Waals surface area contributed by atoms with Gasteiger partial charge in [0.05, 0.1) is 0 Å². The van der Waals surface area contributed by atoms with Gasteiger partial charge >= 0.3 is 18.4 Å². The van der Waals surface area contributed by atoms with E-state index in [9.17, 15) is 31.9 Å². The maximum Gasteiger partial charge on any atom is 0.499 e. The van der Waals surface area contributed by atoms with Crippen molar-refractivity contribution in [2.24, 2.45) is 0 Å². The molecule has 0 heterocycles. The standard InChI is InChI=1S/C9H5F5NO3/c10-8(11,12)9(13,14)18-6-3-1-5(2-4-6)15-7(16)17/h1-4,15H. The molecule has 1 amide bonds. The van der Waals surface area contributed by atoms with Crippen molar-refractivity contribution in [1.82, 2.24) is 0 Å². The summed E-state index contributed by atoms with van der Waals surface area (Å²) in [6, 6.07) is 3.39. The highest BCUT2D eigenvalue weighted by Crippen LogP contribution is 2.37. The first-order valence-corrected chi connectivity index (χ1v) is 4.33. The number of hydrogen-bond acceptors (Lipinski definition) is 2. The highest BCUT2D eigenvalue weighted by atomic mass is 19.4. The van der Waals surface area contributed by atoms with Crippen LogP contribution in [0.5, 0.6) is 5.75 Å². The van der Waals surface area contributed by atoms with Gasteiger partial charge in [0.25, 0.3) is 0 Å². The topological polar surface area (TPSA) is 58.2 Å². The van der Waals surface area contributed by atoms with Crippen molar-refractivity contribution in [2.75, 3.05) is 5.32 Å². The van der Waals surface area contributed by atoms with E-state index in [1.165, 1.54) is 0 Å². The van der Waals surface area contributed by atoms with E-state index in [0.29, 0.717) is 0 Å². The minimum Gasteiger partial charge on any atom is -0.426 e. The Balaban J connectivity index is 2.78. The molecule has 18 heavy (non-hydrogen) atoms. The number of benzene rings is 1. The Kier molecular flexibility index (Phi) is 3.63. The fourth-order valence-corrected chi connectivity index (χ4v) is 0.930. The van der Waals surface area contributed by atoms with Gasteiger partial charge in [0.2, 0.25) is 0 Å². The van der Waals surface area contributed by atoms with Crippen molar-refractivity contribution < 1.29 is 36.6 Å². The molecule has 1 N–H and O–H groups in total. The number of alkyl halides is 5. The van der Waals surface area contributed by atoms with Crippen LogP contribution in [0.25, 0.3) is 0 Å². The Morgan fingerprint density at radius 3 is 1.94 bits per heavy atom. The van der Waals surface area contributed by atoms with Gasteiger partial charge < -0.3 is 4.74 Å². The number of ether oxygens (including phenoxy) is 1. The predicted octanol–water partition coefficient (Wildman–Crippen LogP) is 3.18. The third-order valence-electron chi connectivity index (χ3n) is 1.68. The summed E-state index contributed by atoms with van der Waals surface area (Å²) in [5.41, 5.74) is -0.0577. The van der Waals surface area contributed by atoms with E-state index in [1.54, 1.807) is 5.32 Å². The molecule has 0 unspecified atom stereocenters. The van der Waals surface area contributed by atoms with Crippen LogP contribution in [0.1, 0.15) is 0 Å². The maximum atomic E-state index is 12.5. The lowest BCUT2D eigenvalue weighted by Crippen LogP contribution is -2.41. The summed E-state index contributed by atoms with van der Waals surface area (Å²) in [4.78, 5) is 10.1. The number of amides is 1. The van der Waals surface area contributed by atoms with Crippen LogP contribution in [-0.2, 0) is 5.11 Å². The molecule has 0 aromatic heterocycles. The van der Waals surface area contributed by atoms with E-state index in [4.69, 9.17) is 0 Å². The molecule has 0 aliphatic carbocycles. The second-order valence-electron chi connectivity index (χ2n) is 3.05. The zero-order valence-corrected chi connectivity index (χ0v) is 8.42. The third kappa shape index (κ3) is 3.47. The van der Waals surface area contributed by atoms with E-state index in [2.05, 4.69) is 4.74 Å². The quantitative estimate of drug-likeness (QED) is 0.857. The molecule has 1 aromatic carbocycles. The number of hydrogen-bond donors (Lipinski definition) is 1. The number of halogens is 5. The second kappa shape index (κ2) is 4.67. The predicted molar refractivity (Wildman–Crippen MR) is 47.8 cm³/mol. The second-order valence-corrected chi connectivity index (χ2v) is 3.05. The summed E-state index contributed by atoms with van der Waals surface area (Å²) in [6.07, 6.45) is -12.8. The lowest BCUT2D eigenvalue weighted by atomic mass is 10.3. The smallest absolute Gasteiger partial charge is 0.426 e. The Hall–Kier alpha value is -2.06. The molecule has 0 atom stereocenters. The first-order chi connectivity index (χ1) is 8.12. The SMILES string of the molecule is [O]C(=O)Nc1ccc(OC(F)(F)C(F)(F)F)cc1. The molecule has 1 rings (SSSR count). The normalized spacial score (nSPS) is 12.1. The summed E-state index contributed by atoms with van der Waals surface area (Å²) < 4.78 is 63.8. The Bertz CT molecular complexity index is 429. The van der Waals surface area contributed by atoms with Gasteiger partial charge in [-0.3, -0.25) is 5.32 Å². The molecule has 0 saturated heterocycles. The molecule has 1 aromatic rings. The Morgan fingerprint density at radius 2 is 1.56 bits per heavy atom. The van der Waals surface area contributed by atoms with Gasteiger partial charge in [-0.1, -0.05) is 0 Å². The molecule has 4 nitrogen and oxygen atoms in total. The van der Waals surface area contributed by atoms with Gasteiger partial charge in [0.1, 0.15) is 5.75 Å². The molecule has 1 radical (unpaired) electrons. The van der Waals surface area contributed by atoms with Gasteiger partial charge in [0, 0.05) is 5.69 Å². The summed E-state index contributed by atoms with van der Waals surface area (Å²) in [5.74, 6) is -0.763. The van der Waals surface area contributed by atoms with Crippen molar-refractivity contribution in [1.29, 1.82) is 0 Å². The van der Waals surface area contributed by atoms with E-state index in [-0.39, 0.29) is 5.69 Å². The first kappa shape index (κ1) is 14.0. The van der Waals surface area contributed by atoms with Gasteiger partial charge in [-0.15, -0.1) is 0 Å². The minimum absolute atomic E-state index is 0.0577. The van der Waals surface area contributed by atoms with E-state index in [0.717, 1.165) is 24.3 Å². The Morgan fingerprint density at radius 1 is 1.06 bits per heavy atom. The Labute approximate surface area is 97.0 Å². The van der Waals surface area contributed by atoms with Crippen molar-refractivity contribution in [3.8, 4) is 5.75 Å². The van der Waals surface area contributed by atoms with Crippen LogP contribution in [0.4, 0.5) is 32.4 Å².